The first-order valence-electron chi connectivity index (χ1n) is 13.0. The van der Waals surface area contributed by atoms with E-state index in [9.17, 15) is 55.9 Å². The Balaban J connectivity index is 1.51. The average molecular weight is 606 g/mol. The summed E-state index contributed by atoms with van der Waals surface area (Å²) < 4.78 is 18.2. The summed E-state index contributed by atoms with van der Waals surface area (Å²) in [6.45, 7) is 0. The third-order valence-corrected chi connectivity index (χ3v) is 8.04. The van der Waals surface area contributed by atoms with E-state index in [0.29, 0.717) is 0 Å². The first-order valence-corrected chi connectivity index (χ1v) is 13.0. The molecule has 0 aliphatic carbocycles. The van der Waals surface area contributed by atoms with Crippen LogP contribution in [0.3, 0.4) is 0 Å². The van der Waals surface area contributed by atoms with Gasteiger partial charge in [-0.25, -0.2) is 0 Å². The Morgan fingerprint density at radius 3 is 1.98 bits per heavy atom. The molecule has 2 bridgehead atoms. The van der Waals surface area contributed by atoms with Crippen LogP contribution in [0.2, 0.25) is 0 Å². The fraction of sp³-hybridized carbons (Fsp3) is 0.167. The van der Waals surface area contributed by atoms with E-state index in [1.807, 2.05) is 0 Å². The molecule has 5 unspecified atom stereocenters. The number of hydrogen-bond donors (Lipinski definition) is 10. The number of fused-ring (bicyclic) bond motifs is 8. The van der Waals surface area contributed by atoms with Crippen LogP contribution in [0.25, 0.3) is 0 Å². The van der Waals surface area contributed by atoms with Crippen LogP contribution in [-0.4, -0.2) is 69.1 Å². The van der Waals surface area contributed by atoms with Gasteiger partial charge >= 0.3 is 5.79 Å². The maximum atomic E-state index is 13.5. The molecule has 3 heterocycles. The van der Waals surface area contributed by atoms with E-state index in [1.54, 1.807) is 0 Å². The molecule has 0 aromatic heterocycles. The van der Waals surface area contributed by atoms with Crippen LogP contribution in [0.1, 0.15) is 44.6 Å². The molecule has 4 aromatic carbocycles. The highest BCUT2D eigenvalue weighted by Gasteiger charge is 2.60. The van der Waals surface area contributed by atoms with Crippen molar-refractivity contribution in [2.45, 2.75) is 30.0 Å². The van der Waals surface area contributed by atoms with E-state index in [-0.39, 0.29) is 33.8 Å². The number of carbonyl (C=O) groups excluding carboxylic acids is 1. The molecule has 14 heteroatoms. The van der Waals surface area contributed by atoms with E-state index in [2.05, 4.69) is 0 Å². The van der Waals surface area contributed by atoms with Crippen LogP contribution in [0.15, 0.2) is 48.5 Å². The molecule has 4 aromatic rings. The van der Waals surface area contributed by atoms with Crippen LogP contribution in [0, 0.1) is 0 Å². The number of benzene rings is 4. The molecule has 0 saturated heterocycles. The number of carbonyl (C=O) groups is 1. The lowest BCUT2D eigenvalue weighted by Gasteiger charge is -2.50. The van der Waals surface area contributed by atoms with Crippen LogP contribution in [0.4, 0.5) is 0 Å². The van der Waals surface area contributed by atoms with E-state index >= 15 is 0 Å². The standard InChI is InChI=1S/C30H22O14/c31-10-3-9(4-11(32)5-10)30-29(41)22(19-15(35)6-12(33)7-17(19)43-30)21-18(44-30)8-16(36)20-25(39)26(40)27(42-28(20)21)13-1-2-14(34)24(38)23(13)37/h1-8,22,26-27,29,31-38,40-41H. The lowest BCUT2D eigenvalue weighted by atomic mass is 9.74. The van der Waals surface area contributed by atoms with Crippen LogP contribution < -0.4 is 14.2 Å². The second-order valence-electron chi connectivity index (χ2n) is 10.6. The van der Waals surface area contributed by atoms with Crippen molar-refractivity contribution in [3.05, 3.63) is 76.3 Å². The summed E-state index contributed by atoms with van der Waals surface area (Å²) in [7, 11) is 0. The predicted octanol–water partition coefficient (Wildman–Crippen LogP) is 2.14. The molecule has 5 atom stereocenters. The summed E-state index contributed by atoms with van der Waals surface area (Å²) in [4.78, 5) is 13.5. The number of aliphatic hydroxyl groups is 2. The van der Waals surface area contributed by atoms with E-state index in [0.717, 1.165) is 48.5 Å². The Hall–Kier alpha value is -5.73. The molecule has 0 spiro atoms. The summed E-state index contributed by atoms with van der Waals surface area (Å²) in [5.74, 6) is -10.8. The maximum Gasteiger partial charge on any atom is 0.305 e. The van der Waals surface area contributed by atoms with Crippen molar-refractivity contribution in [1.29, 1.82) is 0 Å². The van der Waals surface area contributed by atoms with Gasteiger partial charge in [-0.05, 0) is 24.3 Å². The number of ketones is 1. The van der Waals surface area contributed by atoms with E-state index in [4.69, 9.17) is 14.2 Å². The molecule has 0 amide bonds. The fourth-order valence-corrected chi connectivity index (χ4v) is 6.13. The minimum absolute atomic E-state index is 0.100. The quantitative estimate of drug-likeness (QED) is 0.147. The zero-order valence-corrected chi connectivity index (χ0v) is 22.0. The van der Waals surface area contributed by atoms with Gasteiger partial charge in [0.1, 0.15) is 57.7 Å². The van der Waals surface area contributed by atoms with Gasteiger partial charge in [0, 0.05) is 46.5 Å². The monoisotopic (exact) mass is 606 g/mol. The molecule has 0 saturated carbocycles. The SMILES string of the molecule is O=C1c2c(O)cc3c(c2OC(c2ccc(O)c(O)c2O)C1O)C1c2c(O)cc(O)cc2OC(c2cc(O)cc(O)c2)(O3)C1O. The van der Waals surface area contributed by atoms with Gasteiger partial charge in [0.2, 0.25) is 11.5 Å². The molecule has 0 radical (unpaired) electrons. The van der Waals surface area contributed by atoms with Crippen molar-refractivity contribution in [3.8, 4) is 63.2 Å². The minimum Gasteiger partial charge on any atom is -0.508 e. The van der Waals surface area contributed by atoms with Crippen LogP contribution in [-0.2, 0) is 5.79 Å². The van der Waals surface area contributed by atoms with Gasteiger partial charge in [-0.3, -0.25) is 4.79 Å². The number of rotatable bonds is 2. The zero-order valence-electron chi connectivity index (χ0n) is 22.0. The van der Waals surface area contributed by atoms with Crippen molar-refractivity contribution in [2.24, 2.45) is 0 Å². The summed E-state index contributed by atoms with van der Waals surface area (Å²) >= 11 is 0. The van der Waals surface area contributed by atoms with Crippen molar-refractivity contribution in [2.75, 3.05) is 0 Å². The van der Waals surface area contributed by atoms with Crippen LogP contribution in [0.5, 0.6) is 63.2 Å². The topological polar surface area (TPSA) is 247 Å². The third kappa shape index (κ3) is 3.52. The fourth-order valence-electron chi connectivity index (χ4n) is 6.13. The lowest BCUT2D eigenvalue weighted by molar-refractivity contribution is -0.219. The first-order chi connectivity index (χ1) is 20.8. The first kappa shape index (κ1) is 27.1. The number of aliphatic hydroxyl groups excluding tert-OH is 2. The largest absolute Gasteiger partial charge is 0.508 e. The molecule has 3 aliphatic heterocycles. The molecule has 10 N–H and O–H groups in total. The van der Waals surface area contributed by atoms with Crippen molar-refractivity contribution in [3.63, 3.8) is 0 Å². The molecular weight excluding hydrogens is 584 g/mol. The number of hydrogen-bond acceptors (Lipinski definition) is 14. The second-order valence-corrected chi connectivity index (χ2v) is 10.6. The molecule has 7 rings (SSSR count). The number of phenolic OH excluding ortho intramolecular Hbond substituents is 8. The highest BCUT2D eigenvalue weighted by molar-refractivity contribution is 6.06. The maximum absolute atomic E-state index is 13.5. The average Bonchev–Trinajstić information content (AvgIpc) is 2.93. The van der Waals surface area contributed by atoms with Gasteiger partial charge < -0.3 is 65.3 Å². The lowest BCUT2D eigenvalue weighted by Crippen LogP contribution is -2.57. The summed E-state index contributed by atoms with van der Waals surface area (Å²) in [5.41, 5.74) is -1.18. The highest BCUT2D eigenvalue weighted by Crippen LogP contribution is 2.62. The normalized spacial score (nSPS) is 24.6. The molecule has 3 aliphatic rings. The van der Waals surface area contributed by atoms with Gasteiger partial charge in [0.15, 0.2) is 23.7 Å². The second kappa shape index (κ2) is 8.89. The third-order valence-electron chi connectivity index (χ3n) is 8.04. The Kier molecular flexibility index (Phi) is 5.48. The van der Waals surface area contributed by atoms with Gasteiger partial charge in [-0.15, -0.1) is 0 Å². The zero-order chi connectivity index (χ0) is 31.4. The smallest absolute Gasteiger partial charge is 0.305 e. The molecular formula is C30H22O14. The van der Waals surface area contributed by atoms with Crippen LogP contribution >= 0.6 is 0 Å². The Labute approximate surface area is 245 Å². The number of phenols is 8. The summed E-state index contributed by atoms with van der Waals surface area (Å²) in [6.07, 6.45) is -5.58. The number of aromatic hydroxyl groups is 8. The van der Waals surface area contributed by atoms with Crippen molar-refractivity contribution in [1.82, 2.24) is 0 Å². The minimum atomic E-state index is -2.28. The Morgan fingerprint density at radius 2 is 1.30 bits per heavy atom. The Bertz CT molecular complexity index is 1900. The van der Waals surface area contributed by atoms with Crippen molar-refractivity contribution >= 4 is 5.78 Å². The highest BCUT2D eigenvalue weighted by atomic mass is 16.7. The molecule has 0 fully saturated rings. The number of ether oxygens (including phenoxy) is 3. The van der Waals surface area contributed by atoms with E-state index in [1.165, 1.54) is 0 Å². The summed E-state index contributed by atoms with van der Waals surface area (Å²) in [5, 5.41) is 106. The molecule has 226 valence electrons. The Morgan fingerprint density at radius 1 is 0.659 bits per heavy atom. The van der Waals surface area contributed by atoms with Gasteiger partial charge in [-0.2, -0.15) is 0 Å². The van der Waals surface area contributed by atoms with Crippen molar-refractivity contribution < 1.29 is 70.1 Å². The summed E-state index contributed by atoms with van der Waals surface area (Å²) in [6, 6.07) is 8.43. The van der Waals surface area contributed by atoms with Gasteiger partial charge in [-0.1, -0.05) is 0 Å². The predicted molar refractivity (Wildman–Crippen MR) is 144 cm³/mol. The molecule has 14 nitrogen and oxygen atoms in total. The van der Waals surface area contributed by atoms with E-state index < -0.39 is 93.1 Å². The number of Topliss-reactive ketones (excluding diaryl/α,β-unsaturated/α-hetero) is 1. The van der Waals surface area contributed by atoms with Gasteiger partial charge in [0.05, 0.1) is 5.92 Å². The molecule has 44 heavy (non-hydrogen) atoms. The van der Waals surface area contributed by atoms with Gasteiger partial charge in [0.25, 0.3) is 0 Å².